The predicted octanol–water partition coefficient (Wildman–Crippen LogP) is 2.59. The van der Waals surface area contributed by atoms with E-state index in [2.05, 4.69) is 6.07 Å². The van der Waals surface area contributed by atoms with Crippen LogP contribution in [-0.4, -0.2) is 52.6 Å². The molecule has 0 aromatic heterocycles. The van der Waals surface area contributed by atoms with Gasteiger partial charge in [-0.15, -0.1) is 0 Å². The van der Waals surface area contributed by atoms with E-state index in [-0.39, 0.29) is 45.4 Å². The molecule has 1 unspecified atom stereocenters. The standard InChI is InChI=1S/C26H27N3O8/c1-33-22-17(30)12-11-15(26(36-4)37-5)20(22)29-21(25(32)35-3)19(24(31)34-2)18(16(13-27)23(29)28)14-9-7-6-8-10-14/h6-12,18,26,30H,28H2,1-5H3. The van der Waals surface area contributed by atoms with Gasteiger partial charge in [0.05, 0.1) is 44.5 Å². The number of nitriles is 1. The molecule has 1 aliphatic heterocycles. The van der Waals surface area contributed by atoms with Crippen molar-refractivity contribution in [3.05, 3.63) is 76.3 Å². The second kappa shape index (κ2) is 11.5. The lowest BCUT2D eigenvalue weighted by Gasteiger charge is -2.37. The van der Waals surface area contributed by atoms with Crippen LogP contribution in [-0.2, 0) is 28.5 Å². The maximum Gasteiger partial charge on any atom is 0.355 e. The molecule has 0 saturated heterocycles. The van der Waals surface area contributed by atoms with Crippen LogP contribution in [0.4, 0.5) is 5.69 Å². The molecule has 0 radical (unpaired) electrons. The number of phenols is 1. The van der Waals surface area contributed by atoms with E-state index in [1.165, 1.54) is 33.5 Å². The SMILES string of the molecule is COC(=O)C1=C(C(=O)OC)N(c2c(C(OC)OC)ccc(O)c2OC)C(N)=C(C#N)C1c1ccccc1. The number of hydrogen-bond donors (Lipinski definition) is 2. The van der Waals surface area contributed by atoms with Crippen molar-refractivity contribution < 1.29 is 38.4 Å². The zero-order chi connectivity index (χ0) is 27.3. The van der Waals surface area contributed by atoms with Gasteiger partial charge >= 0.3 is 11.9 Å². The third-order valence-corrected chi connectivity index (χ3v) is 5.86. The first-order valence-electron chi connectivity index (χ1n) is 10.9. The second-order valence-corrected chi connectivity index (χ2v) is 7.69. The van der Waals surface area contributed by atoms with Crippen molar-refractivity contribution in [3.63, 3.8) is 0 Å². The van der Waals surface area contributed by atoms with Crippen molar-refractivity contribution in [1.29, 1.82) is 5.26 Å². The Labute approximate surface area is 213 Å². The molecule has 1 aliphatic rings. The topological polar surface area (TPSA) is 154 Å². The highest BCUT2D eigenvalue weighted by atomic mass is 16.7. The normalized spacial score (nSPS) is 15.5. The number of nitrogens with two attached hydrogens (primary N) is 1. The van der Waals surface area contributed by atoms with Crippen LogP contribution < -0.4 is 15.4 Å². The van der Waals surface area contributed by atoms with Gasteiger partial charge in [0.15, 0.2) is 17.8 Å². The fraction of sp³-hybridized carbons (Fsp3) is 0.269. The van der Waals surface area contributed by atoms with Crippen LogP contribution in [0.5, 0.6) is 11.5 Å². The summed E-state index contributed by atoms with van der Waals surface area (Å²) in [6.07, 6.45) is -1.02. The van der Waals surface area contributed by atoms with Gasteiger partial charge in [-0.05, 0) is 17.7 Å². The molecule has 194 valence electrons. The molecule has 37 heavy (non-hydrogen) atoms. The maximum absolute atomic E-state index is 13.3. The molecule has 3 N–H and O–H groups in total. The van der Waals surface area contributed by atoms with Gasteiger partial charge < -0.3 is 34.5 Å². The summed E-state index contributed by atoms with van der Waals surface area (Å²) in [4.78, 5) is 27.7. The van der Waals surface area contributed by atoms with E-state index < -0.39 is 24.1 Å². The van der Waals surface area contributed by atoms with Gasteiger partial charge in [0, 0.05) is 19.8 Å². The molecule has 0 bridgehead atoms. The molecule has 2 aromatic rings. The number of methoxy groups -OCH3 is 5. The number of ether oxygens (including phenoxy) is 5. The van der Waals surface area contributed by atoms with E-state index in [0.717, 1.165) is 19.1 Å². The summed E-state index contributed by atoms with van der Waals surface area (Å²) in [7, 11) is 6.34. The molecule has 1 heterocycles. The minimum absolute atomic E-state index is 0.00485. The monoisotopic (exact) mass is 509 g/mol. The number of nitrogens with zero attached hydrogens (tertiary/aromatic N) is 2. The molecule has 0 fully saturated rings. The lowest BCUT2D eigenvalue weighted by Crippen LogP contribution is -2.41. The highest BCUT2D eigenvalue weighted by molar-refractivity contribution is 6.07. The Bertz CT molecular complexity index is 1290. The van der Waals surface area contributed by atoms with E-state index in [9.17, 15) is 20.0 Å². The van der Waals surface area contributed by atoms with Crippen molar-refractivity contribution in [2.45, 2.75) is 12.2 Å². The van der Waals surface area contributed by atoms with E-state index in [4.69, 9.17) is 29.4 Å². The van der Waals surface area contributed by atoms with Crippen LogP contribution >= 0.6 is 0 Å². The Morgan fingerprint density at radius 3 is 2.14 bits per heavy atom. The fourth-order valence-electron chi connectivity index (χ4n) is 4.29. The summed E-state index contributed by atoms with van der Waals surface area (Å²) in [5.74, 6) is -3.55. The quantitative estimate of drug-likeness (QED) is 0.399. The molecular weight excluding hydrogens is 482 g/mol. The zero-order valence-electron chi connectivity index (χ0n) is 21.0. The molecule has 11 nitrogen and oxygen atoms in total. The molecule has 3 rings (SSSR count). The zero-order valence-corrected chi connectivity index (χ0v) is 21.0. The van der Waals surface area contributed by atoms with Gasteiger partial charge in [0.1, 0.15) is 17.2 Å². The number of carbonyl (C=O) groups excluding carboxylic acids is 2. The Kier molecular flexibility index (Phi) is 8.39. The Morgan fingerprint density at radius 1 is 1.00 bits per heavy atom. The summed E-state index contributed by atoms with van der Waals surface area (Å²) in [5, 5.41) is 20.9. The lowest BCUT2D eigenvalue weighted by molar-refractivity contribution is -0.139. The first-order valence-corrected chi connectivity index (χ1v) is 10.9. The van der Waals surface area contributed by atoms with Crippen molar-refractivity contribution in [1.82, 2.24) is 0 Å². The largest absolute Gasteiger partial charge is 0.504 e. The van der Waals surface area contributed by atoms with Gasteiger partial charge in [-0.1, -0.05) is 30.3 Å². The van der Waals surface area contributed by atoms with Gasteiger partial charge in [-0.2, -0.15) is 5.26 Å². The summed E-state index contributed by atoms with van der Waals surface area (Å²) in [6, 6.07) is 13.5. The number of rotatable bonds is 8. The molecule has 1 atom stereocenters. The Morgan fingerprint density at radius 2 is 1.62 bits per heavy atom. The van der Waals surface area contributed by atoms with Gasteiger partial charge in [0.25, 0.3) is 0 Å². The number of benzene rings is 2. The molecule has 0 spiro atoms. The second-order valence-electron chi connectivity index (χ2n) is 7.69. The van der Waals surface area contributed by atoms with E-state index in [1.807, 2.05) is 0 Å². The molecular formula is C26H27N3O8. The summed E-state index contributed by atoms with van der Waals surface area (Å²) < 4.78 is 26.4. The third-order valence-electron chi connectivity index (χ3n) is 5.86. The third kappa shape index (κ3) is 4.67. The molecule has 0 amide bonds. The minimum Gasteiger partial charge on any atom is -0.504 e. The maximum atomic E-state index is 13.3. The van der Waals surface area contributed by atoms with Crippen molar-refractivity contribution in [2.24, 2.45) is 5.73 Å². The van der Waals surface area contributed by atoms with Crippen molar-refractivity contribution in [3.8, 4) is 17.6 Å². The highest BCUT2D eigenvalue weighted by Crippen LogP contribution is 2.50. The number of aromatic hydroxyl groups is 1. The number of anilines is 1. The Balaban J connectivity index is 2.56. The average Bonchev–Trinajstić information content (AvgIpc) is 2.93. The van der Waals surface area contributed by atoms with Gasteiger partial charge in [-0.25, -0.2) is 9.59 Å². The number of carbonyl (C=O) groups is 2. The number of hydrogen-bond acceptors (Lipinski definition) is 11. The summed E-state index contributed by atoms with van der Waals surface area (Å²) in [6.45, 7) is 0. The molecule has 0 saturated carbocycles. The lowest BCUT2D eigenvalue weighted by atomic mass is 9.80. The predicted molar refractivity (Wildman–Crippen MR) is 131 cm³/mol. The summed E-state index contributed by atoms with van der Waals surface area (Å²) in [5.41, 5.74) is 6.76. The smallest absolute Gasteiger partial charge is 0.355 e. The molecule has 0 aliphatic carbocycles. The first kappa shape index (κ1) is 27.1. The fourth-order valence-corrected chi connectivity index (χ4v) is 4.29. The average molecular weight is 510 g/mol. The number of esters is 2. The van der Waals surface area contributed by atoms with E-state index in [1.54, 1.807) is 30.3 Å². The number of phenolic OH excluding ortho intramolecular Hbond substituents is 1. The Hall–Kier alpha value is -4.53. The van der Waals surface area contributed by atoms with Crippen LogP contribution in [0.15, 0.2) is 65.1 Å². The minimum atomic E-state index is -1.06. The van der Waals surface area contributed by atoms with Crippen molar-refractivity contribution in [2.75, 3.05) is 40.4 Å². The van der Waals surface area contributed by atoms with Crippen LogP contribution in [0, 0.1) is 11.3 Å². The van der Waals surface area contributed by atoms with Crippen LogP contribution in [0.3, 0.4) is 0 Å². The molecule has 11 heteroatoms. The van der Waals surface area contributed by atoms with Gasteiger partial charge in [0.2, 0.25) is 0 Å². The van der Waals surface area contributed by atoms with E-state index >= 15 is 0 Å². The van der Waals surface area contributed by atoms with E-state index in [0.29, 0.717) is 5.56 Å². The first-order chi connectivity index (χ1) is 17.8. The van der Waals surface area contributed by atoms with Gasteiger partial charge in [-0.3, -0.25) is 4.90 Å². The van der Waals surface area contributed by atoms with Crippen LogP contribution in [0.25, 0.3) is 0 Å². The molecule has 2 aromatic carbocycles. The van der Waals surface area contributed by atoms with Crippen LogP contribution in [0.2, 0.25) is 0 Å². The van der Waals surface area contributed by atoms with Crippen LogP contribution in [0.1, 0.15) is 23.3 Å². The highest BCUT2D eigenvalue weighted by Gasteiger charge is 2.45. The van der Waals surface area contributed by atoms with Crippen molar-refractivity contribution >= 4 is 17.6 Å². The number of allylic oxidation sites excluding steroid dienone is 1. The summed E-state index contributed by atoms with van der Waals surface area (Å²) >= 11 is 0.